The van der Waals surface area contributed by atoms with E-state index in [1.54, 1.807) is 0 Å². The molecule has 1 aliphatic heterocycles. The number of nitrogens with zero attached hydrogens (tertiary/aromatic N) is 1. The van der Waals surface area contributed by atoms with Crippen LogP contribution in [0.5, 0.6) is 0 Å². The summed E-state index contributed by atoms with van der Waals surface area (Å²) in [6.45, 7) is 1.87. The van der Waals surface area contributed by atoms with Crippen molar-refractivity contribution in [3.05, 3.63) is 0 Å². The summed E-state index contributed by atoms with van der Waals surface area (Å²) in [7, 11) is 1.99. The molecule has 1 amide bonds. The summed E-state index contributed by atoms with van der Waals surface area (Å²) in [4.78, 5) is 14.1. The van der Waals surface area contributed by atoms with Crippen LogP contribution in [0.2, 0.25) is 0 Å². The van der Waals surface area contributed by atoms with Gasteiger partial charge >= 0.3 is 0 Å². The predicted octanol–water partition coefficient (Wildman–Crippen LogP) is 1.78. The molecule has 1 atom stereocenters. The lowest BCUT2D eigenvalue weighted by molar-refractivity contribution is -0.131. The SMILES string of the molecule is CNC1CCN(C(=O)CC2CCCCC2)C1. The third-order valence-corrected chi connectivity index (χ3v) is 4.14. The van der Waals surface area contributed by atoms with Gasteiger partial charge in [-0.2, -0.15) is 0 Å². The van der Waals surface area contributed by atoms with Gasteiger partial charge in [-0.25, -0.2) is 0 Å². The minimum atomic E-state index is 0.393. The number of rotatable bonds is 3. The van der Waals surface area contributed by atoms with E-state index < -0.39 is 0 Å². The molecular weight excluding hydrogens is 200 g/mol. The molecule has 2 aliphatic rings. The van der Waals surface area contributed by atoms with Crippen molar-refractivity contribution in [1.82, 2.24) is 10.2 Å². The molecule has 1 aliphatic carbocycles. The van der Waals surface area contributed by atoms with E-state index in [1.165, 1.54) is 32.1 Å². The minimum Gasteiger partial charge on any atom is -0.341 e. The van der Waals surface area contributed by atoms with Gasteiger partial charge in [0.15, 0.2) is 0 Å². The van der Waals surface area contributed by atoms with Crippen molar-refractivity contribution in [2.45, 2.75) is 51.0 Å². The zero-order chi connectivity index (χ0) is 11.4. The van der Waals surface area contributed by atoms with Crippen LogP contribution in [0.3, 0.4) is 0 Å². The van der Waals surface area contributed by atoms with E-state index >= 15 is 0 Å². The van der Waals surface area contributed by atoms with Crippen LogP contribution in [0.15, 0.2) is 0 Å². The average Bonchev–Trinajstić information content (AvgIpc) is 2.79. The minimum absolute atomic E-state index is 0.393. The molecule has 16 heavy (non-hydrogen) atoms. The summed E-state index contributed by atoms with van der Waals surface area (Å²) in [6.07, 6.45) is 8.50. The maximum atomic E-state index is 12.1. The second-order valence-corrected chi connectivity index (χ2v) is 5.32. The summed E-state index contributed by atoms with van der Waals surface area (Å²) in [5.41, 5.74) is 0. The largest absolute Gasteiger partial charge is 0.341 e. The van der Waals surface area contributed by atoms with Crippen molar-refractivity contribution in [2.24, 2.45) is 5.92 Å². The van der Waals surface area contributed by atoms with Crippen molar-refractivity contribution >= 4 is 5.91 Å². The lowest BCUT2D eigenvalue weighted by Crippen LogP contribution is -2.34. The van der Waals surface area contributed by atoms with Gasteiger partial charge < -0.3 is 10.2 Å². The van der Waals surface area contributed by atoms with Gasteiger partial charge in [-0.3, -0.25) is 4.79 Å². The van der Waals surface area contributed by atoms with E-state index in [0.717, 1.165) is 25.9 Å². The molecule has 2 rings (SSSR count). The fourth-order valence-electron chi connectivity index (χ4n) is 2.99. The van der Waals surface area contributed by atoms with Crippen LogP contribution in [0.1, 0.15) is 44.9 Å². The lowest BCUT2D eigenvalue weighted by Gasteiger charge is -2.24. The molecular formula is C13H24N2O. The van der Waals surface area contributed by atoms with E-state index in [-0.39, 0.29) is 0 Å². The van der Waals surface area contributed by atoms with Crippen molar-refractivity contribution in [3.8, 4) is 0 Å². The van der Waals surface area contributed by atoms with E-state index in [1.807, 2.05) is 7.05 Å². The first-order valence-corrected chi connectivity index (χ1v) is 6.74. The first-order valence-electron chi connectivity index (χ1n) is 6.74. The van der Waals surface area contributed by atoms with E-state index in [0.29, 0.717) is 17.9 Å². The third kappa shape index (κ3) is 2.97. The summed E-state index contributed by atoms with van der Waals surface area (Å²) in [5.74, 6) is 1.07. The summed E-state index contributed by atoms with van der Waals surface area (Å²) in [6, 6.07) is 0.523. The van der Waals surface area contributed by atoms with Crippen LogP contribution in [-0.2, 0) is 4.79 Å². The highest BCUT2D eigenvalue weighted by atomic mass is 16.2. The normalized spacial score (nSPS) is 27.3. The molecule has 1 heterocycles. The molecule has 1 N–H and O–H groups in total. The van der Waals surface area contributed by atoms with Gasteiger partial charge in [0.05, 0.1) is 0 Å². The maximum Gasteiger partial charge on any atom is 0.222 e. The number of carbonyl (C=O) groups excluding carboxylic acids is 1. The Hall–Kier alpha value is -0.570. The smallest absolute Gasteiger partial charge is 0.222 e. The van der Waals surface area contributed by atoms with Gasteiger partial charge in [-0.1, -0.05) is 19.3 Å². The van der Waals surface area contributed by atoms with E-state index in [2.05, 4.69) is 10.2 Å². The Morgan fingerprint density at radius 3 is 2.62 bits per heavy atom. The maximum absolute atomic E-state index is 12.1. The quantitative estimate of drug-likeness (QED) is 0.792. The Morgan fingerprint density at radius 1 is 1.25 bits per heavy atom. The highest BCUT2D eigenvalue weighted by Crippen LogP contribution is 2.27. The Balaban J connectivity index is 1.75. The molecule has 0 bridgehead atoms. The molecule has 3 heteroatoms. The monoisotopic (exact) mass is 224 g/mol. The van der Waals surface area contributed by atoms with Gasteiger partial charge in [-0.15, -0.1) is 0 Å². The molecule has 1 unspecified atom stereocenters. The molecule has 1 saturated carbocycles. The number of amides is 1. The second-order valence-electron chi connectivity index (χ2n) is 5.32. The van der Waals surface area contributed by atoms with Gasteiger partial charge in [-0.05, 0) is 32.2 Å². The fourth-order valence-corrected chi connectivity index (χ4v) is 2.99. The Bertz CT molecular complexity index is 236. The molecule has 0 aromatic rings. The van der Waals surface area contributed by atoms with Crippen LogP contribution in [0, 0.1) is 5.92 Å². The Labute approximate surface area is 98.6 Å². The first-order chi connectivity index (χ1) is 7.79. The van der Waals surface area contributed by atoms with Crippen molar-refractivity contribution in [2.75, 3.05) is 20.1 Å². The van der Waals surface area contributed by atoms with E-state index in [9.17, 15) is 4.79 Å². The number of carbonyl (C=O) groups is 1. The number of nitrogens with one attached hydrogen (secondary N) is 1. The van der Waals surface area contributed by atoms with Crippen LogP contribution in [0.4, 0.5) is 0 Å². The molecule has 1 saturated heterocycles. The summed E-state index contributed by atoms with van der Waals surface area (Å²) >= 11 is 0. The highest BCUT2D eigenvalue weighted by Gasteiger charge is 2.27. The molecule has 0 aromatic carbocycles. The molecule has 92 valence electrons. The van der Waals surface area contributed by atoms with Crippen LogP contribution < -0.4 is 5.32 Å². The zero-order valence-electron chi connectivity index (χ0n) is 10.4. The van der Waals surface area contributed by atoms with Crippen molar-refractivity contribution in [1.29, 1.82) is 0 Å². The molecule has 3 nitrogen and oxygen atoms in total. The van der Waals surface area contributed by atoms with Gasteiger partial charge in [0.1, 0.15) is 0 Å². The van der Waals surface area contributed by atoms with Crippen LogP contribution in [-0.4, -0.2) is 37.0 Å². The summed E-state index contributed by atoms with van der Waals surface area (Å²) < 4.78 is 0. The van der Waals surface area contributed by atoms with Gasteiger partial charge in [0, 0.05) is 25.6 Å². The predicted molar refractivity (Wildman–Crippen MR) is 65.2 cm³/mol. The zero-order valence-corrected chi connectivity index (χ0v) is 10.4. The van der Waals surface area contributed by atoms with Crippen molar-refractivity contribution < 1.29 is 4.79 Å². The number of hydrogen-bond donors (Lipinski definition) is 1. The molecule has 0 radical (unpaired) electrons. The molecule has 0 spiro atoms. The third-order valence-electron chi connectivity index (χ3n) is 4.14. The van der Waals surface area contributed by atoms with Crippen molar-refractivity contribution in [3.63, 3.8) is 0 Å². The Morgan fingerprint density at radius 2 is 2.00 bits per heavy atom. The average molecular weight is 224 g/mol. The first kappa shape index (κ1) is 11.9. The van der Waals surface area contributed by atoms with E-state index in [4.69, 9.17) is 0 Å². The number of hydrogen-bond acceptors (Lipinski definition) is 2. The second kappa shape index (κ2) is 5.67. The highest BCUT2D eigenvalue weighted by molar-refractivity contribution is 5.76. The lowest BCUT2D eigenvalue weighted by atomic mass is 9.87. The number of likely N-dealkylation sites (tertiary alicyclic amines) is 1. The fraction of sp³-hybridized carbons (Fsp3) is 0.923. The number of likely N-dealkylation sites (N-methyl/N-ethyl adjacent to an activating group) is 1. The topological polar surface area (TPSA) is 32.3 Å². The standard InChI is InChI=1S/C13H24N2O/c1-14-12-7-8-15(10-12)13(16)9-11-5-3-2-4-6-11/h11-12,14H,2-10H2,1H3. The Kier molecular flexibility index (Phi) is 4.22. The molecule has 2 fully saturated rings. The van der Waals surface area contributed by atoms with Gasteiger partial charge in [0.2, 0.25) is 5.91 Å². The van der Waals surface area contributed by atoms with Crippen LogP contribution >= 0.6 is 0 Å². The van der Waals surface area contributed by atoms with Gasteiger partial charge in [0.25, 0.3) is 0 Å². The van der Waals surface area contributed by atoms with Crippen LogP contribution in [0.25, 0.3) is 0 Å². The molecule has 0 aromatic heterocycles. The summed E-state index contributed by atoms with van der Waals surface area (Å²) in [5, 5.41) is 3.26.